The molecule has 6 rings (SSSR count). The quantitative estimate of drug-likeness (QED) is 0.398. The Labute approximate surface area is 273 Å². The Bertz CT molecular complexity index is 1180. The van der Waals surface area contributed by atoms with Crippen LogP contribution in [0, 0.1) is 34.5 Å². The van der Waals surface area contributed by atoms with Gasteiger partial charge in [0.2, 0.25) is 29.5 Å². The van der Waals surface area contributed by atoms with E-state index in [-0.39, 0.29) is 53.3 Å². The molecule has 1 spiro atoms. The number of rotatable bonds is 9. The molecule has 6 aliphatic rings. The molecule has 2 saturated carbocycles. The number of piperidine rings is 2. The van der Waals surface area contributed by atoms with Crippen molar-refractivity contribution >= 4 is 29.5 Å². The minimum atomic E-state index is -0.811. The normalized spacial score (nSPS) is 30.3. The van der Waals surface area contributed by atoms with Crippen molar-refractivity contribution in [3.8, 4) is 0 Å². The zero-order chi connectivity index (χ0) is 32.6. The molecule has 11 heteroatoms. The van der Waals surface area contributed by atoms with E-state index in [1.54, 1.807) is 4.90 Å². The summed E-state index contributed by atoms with van der Waals surface area (Å²) < 4.78 is 6.35. The molecule has 5 amide bonds. The average Bonchev–Trinajstić information content (AvgIpc) is 3.50. The van der Waals surface area contributed by atoms with Gasteiger partial charge in [-0.1, -0.05) is 33.1 Å². The van der Waals surface area contributed by atoms with Crippen molar-refractivity contribution in [2.24, 2.45) is 34.5 Å². The first kappa shape index (κ1) is 33.2. The number of carbonyl (C=O) groups is 5. The zero-order valence-corrected chi connectivity index (χ0v) is 28.2. The number of carbonyl (C=O) groups excluding carboxylic acids is 5. The number of likely N-dealkylation sites (tertiary alicyclic amines) is 3. The summed E-state index contributed by atoms with van der Waals surface area (Å²) in [5.41, 5.74) is -0.549. The highest BCUT2D eigenvalue weighted by Crippen LogP contribution is 2.54. The van der Waals surface area contributed by atoms with Crippen LogP contribution >= 0.6 is 0 Å². The van der Waals surface area contributed by atoms with Crippen LogP contribution in [0.1, 0.15) is 91.4 Å². The fourth-order valence-corrected chi connectivity index (χ4v) is 8.68. The SMILES string of the molecule is C[C@@H](OCC1CCCCC1)[C@H](NC(=O)C1CN(C(=O)C2CCC(=O)NC2)CC12CN(C(=O)[C@H]1CC1(C)C)C2)C(=O)N1CCCCC1. The number of nitrogens with one attached hydrogen (secondary N) is 2. The standard InChI is InChI=1S/C35H55N5O6/c1-23(46-19-24-10-6-4-7-11-24)29(33(45)38-14-8-5-9-15-38)37-30(42)27-18-39(31(43)25-12-13-28(41)36-17-25)20-35(27)21-40(22-35)32(44)26-16-34(26,2)3/h23-27,29H,4-22H2,1-3H3,(H,36,41)(H,37,42)/t23-,25?,26-,27?,29+/m1/s1. The van der Waals surface area contributed by atoms with Gasteiger partial charge in [0.25, 0.3) is 0 Å². The fraction of sp³-hybridized carbons (Fsp3) is 0.857. The zero-order valence-electron chi connectivity index (χ0n) is 28.2. The van der Waals surface area contributed by atoms with E-state index in [1.165, 1.54) is 19.3 Å². The van der Waals surface area contributed by atoms with Gasteiger partial charge in [0, 0.05) is 70.2 Å². The highest BCUT2D eigenvalue weighted by atomic mass is 16.5. The van der Waals surface area contributed by atoms with E-state index in [0.717, 1.165) is 38.5 Å². The van der Waals surface area contributed by atoms with E-state index < -0.39 is 23.5 Å². The molecule has 0 bridgehead atoms. The summed E-state index contributed by atoms with van der Waals surface area (Å²) >= 11 is 0. The minimum Gasteiger partial charge on any atom is -0.376 e. The molecule has 2 aliphatic carbocycles. The van der Waals surface area contributed by atoms with Gasteiger partial charge in [-0.3, -0.25) is 24.0 Å². The third-order valence-corrected chi connectivity index (χ3v) is 12.0. The maximum Gasteiger partial charge on any atom is 0.247 e. The Morgan fingerprint density at radius 1 is 0.891 bits per heavy atom. The second-order valence-electron chi connectivity index (χ2n) is 16.0. The smallest absolute Gasteiger partial charge is 0.247 e. The molecule has 0 aromatic rings. The van der Waals surface area contributed by atoms with Crippen LogP contribution in [-0.4, -0.2) is 109 Å². The van der Waals surface area contributed by atoms with Crippen LogP contribution in [0.25, 0.3) is 0 Å². The number of nitrogens with zero attached hydrogens (tertiary/aromatic N) is 3. The van der Waals surface area contributed by atoms with Gasteiger partial charge in [0.1, 0.15) is 6.04 Å². The largest absolute Gasteiger partial charge is 0.376 e. The molecule has 5 atom stereocenters. The van der Waals surface area contributed by atoms with Crippen LogP contribution in [0.15, 0.2) is 0 Å². The van der Waals surface area contributed by atoms with Crippen LogP contribution in [0.2, 0.25) is 0 Å². The molecular formula is C35H55N5O6. The van der Waals surface area contributed by atoms with E-state index in [9.17, 15) is 24.0 Å². The van der Waals surface area contributed by atoms with Gasteiger partial charge in [-0.2, -0.15) is 0 Å². The molecule has 2 unspecified atom stereocenters. The summed E-state index contributed by atoms with van der Waals surface area (Å²) in [6.45, 7) is 9.87. The van der Waals surface area contributed by atoms with Crippen molar-refractivity contribution in [1.29, 1.82) is 0 Å². The monoisotopic (exact) mass is 641 g/mol. The van der Waals surface area contributed by atoms with Crippen molar-refractivity contribution in [3.63, 3.8) is 0 Å². The fourth-order valence-electron chi connectivity index (χ4n) is 8.68. The number of ether oxygens (including phenoxy) is 1. The summed E-state index contributed by atoms with van der Waals surface area (Å²) in [6, 6.07) is -0.811. The van der Waals surface area contributed by atoms with Gasteiger partial charge in [0.15, 0.2) is 0 Å². The Morgan fingerprint density at radius 2 is 1.54 bits per heavy atom. The predicted molar refractivity (Wildman–Crippen MR) is 171 cm³/mol. The molecule has 46 heavy (non-hydrogen) atoms. The van der Waals surface area contributed by atoms with Crippen LogP contribution in [0.3, 0.4) is 0 Å². The average molecular weight is 642 g/mol. The Morgan fingerprint density at radius 3 is 2.17 bits per heavy atom. The molecule has 4 heterocycles. The molecule has 0 aromatic heterocycles. The summed E-state index contributed by atoms with van der Waals surface area (Å²) in [6.07, 6.45) is 10.1. The van der Waals surface area contributed by atoms with Crippen LogP contribution in [-0.2, 0) is 28.7 Å². The number of amides is 5. The summed E-state index contributed by atoms with van der Waals surface area (Å²) in [5.74, 6) is -0.662. The van der Waals surface area contributed by atoms with Crippen molar-refractivity contribution in [2.75, 3.05) is 52.4 Å². The van der Waals surface area contributed by atoms with Crippen LogP contribution in [0.5, 0.6) is 0 Å². The summed E-state index contributed by atoms with van der Waals surface area (Å²) in [5, 5.41) is 5.96. The second-order valence-corrected chi connectivity index (χ2v) is 16.0. The lowest BCUT2D eigenvalue weighted by molar-refractivity contribution is -0.153. The van der Waals surface area contributed by atoms with Crippen molar-refractivity contribution in [2.45, 2.75) is 104 Å². The molecular weight excluding hydrogens is 586 g/mol. The van der Waals surface area contributed by atoms with Gasteiger partial charge in [-0.05, 0) is 63.2 Å². The molecule has 11 nitrogen and oxygen atoms in total. The molecule has 0 aromatic carbocycles. The molecule has 256 valence electrons. The van der Waals surface area contributed by atoms with Crippen molar-refractivity contribution < 1.29 is 28.7 Å². The van der Waals surface area contributed by atoms with Gasteiger partial charge in [-0.25, -0.2) is 0 Å². The first-order chi connectivity index (χ1) is 22.0. The first-order valence-electron chi connectivity index (χ1n) is 18.0. The predicted octanol–water partition coefficient (Wildman–Crippen LogP) is 2.33. The molecule has 0 radical (unpaired) electrons. The number of hydrogen-bond acceptors (Lipinski definition) is 6. The van der Waals surface area contributed by atoms with Gasteiger partial charge < -0.3 is 30.1 Å². The lowest BCUT2D eigenvalue weighted by Gasteiger charge is -2.50. The Balaban J connectivity index is 1.18. The molecule has 2 N–H and O–H groups in total. The van der Waals surface area contributed by atoms with Gasteiger partial charge in [0.05, 0.1) is 17.9 Å². The summed E-state index contributed by atoms with van der Waals surface area (Å²) in [7, 11) is 0. The van der Waals surface area contributed by atoms with Crippen LogP contribution < -0.4 is 10.6 Å². The highest BCUT2D eigenvalue weighted by Gasteiger charge is 2.62. The highest BCUT2D eigenvalue weighted by molar-refractivity contribution is 5.91. The Kier molecular flexibility index (Phi) is 9.70. The van der Waals surface area contributed by atoms with Crippen molar-refractivity contribution in [3.05, 3.63) is 0 Å². The van der Waals surface area contributed by atoms with Gasteiger partial charge >= 0.3 is 0 Å². The first-order valence-corrected chi connectivity index (χ1v) is 18.0. The molecule has 4 saturated heterocycles. The van der Waals surface area contributed by atoms with E-state index in [1.807, 2.05) is 16.7 Å². The van der Waals surface area contributed by atoms with Crippen LogP contribution in [0.4, 0.5) is 0 Å². The van der Waals surface area contributed by atoms with Crippen molar-refractivity contribution in [1.82, 2.24) is 25.3 Å². The van der Waals surface area contributed by atoms with E-state index >= 15 is 0 Å². The molecule has 4 aliphatic heterocycles. The number of hydrogen-bond donors (Lipinski definition) is 2. The Hall–Kier alpha value is -2.69. The second kappa shape index (κ2) is 13.4. The lowest BCUT2D eigenvalue weighted by atomic mass is 9.70. The van der Waals surface area contributed by atoms with E-state index in [0.29, 0.717) is 64.6 Å². The third kappa shape index (κ3) is 6.95. The maximum atomic E-state index is 14.3. The maximum absolute atomic E-state index is 14.3. The summed E-state index contributed by atoms with van der Waals surface area (Å²) in [4.78, 5) is 72.5. The van der Waals surface area contributed by atoms with E-state index in [2.05, 4.69) is 24.5 Å². The lowest BCUT2D eigenvalue weighted by Crippen LogP contribution is -2.65. The topological polar surface area (TPSA) is 128 Å². The van der Waals surface area contributed by atoms with Gasteiger partial charge in [-0.15, -0.1) is 0 Å². The molecule has 6 fully saturated rings. The third-order valence-electron chi connectivity index (χ3n) is 12.0. The minimum absolute atomic E-state index is 0.00943. The van der Waals surface area contributed by atoms with E-state index in [4.69, 9.17) is 4.74 Å².